The van der Waals surface area contributed by atoms with Gasteiger partial charge >= 0.3 is 0 Å². The Kier molecular flexibility index (Phi) is 3.14. The molecule has 1 rings (SSSR count). The molecular weight excluding hydrogens is 204 g/mol. The number of nitrogens with zero attached hydrogens (tertiary/aromatic N) is 3. The van der Waals surface area contributed by atoms with Crippen molar-refractivity contribution in [3.8, 4) is 0 Å². The highest BCUT2D eigenvalue weighted by atomic mass is 35.5. The Morgan fingerprint density at radius 1 is 1.36 bits per heavy atom. The number of nitrogens with one attached hydrogen (secondary N) is 1. The highest BCUT2D eigenvalue weighted by Gasteiger charge is 2.07. The van der Waals surface area contributed by atoms with Gasteiger partial charge < -0.3 is 0 Å². The molecule has 0 saturated heterocycles. The molecule has 0 atom stereocenters. The number of hydrogen-bond donors (Lipinski definition) is 1. The molecule has 0 aliphatic carbocycles. The van der Waals surface area contributed by atoms with Crippen molar-refractivity contribution in [1.82, 2.24) is 15.2 Å². The Hall–Kier alpha value is -1.49. The van der Waals surface area contributed by atoms with Crippen LogP contribution in [0.1, 0.15) is 11.4 Å². The third-order valence-electron chi connectivity index (χ3n) is 1.56. The van der Waals surface area contributed by atoms with Gasteiger partial charge in [-0.15, -0.1) is 5.10 Å². The fourth-order valence-corrected chi connectivity index (χ4v) is 0.726. The van der Waals surface area contributed by atoms with Crippen molar-refractivity contribution in [3.63, 3.8) is 0 Å². The van der Waals surface area contributed by atoms with Crippen LogP contribution in [0, 0.1) is 13.8 Å². The van der Waals surface area contributed by atoms with Crippen LogP contribution in [0.25, 0.3) is 0 Å². The maximum absolute atomic E-state index is 11.1. The van der Waals surface area contributed by atoms with E-state index in [4.69, 9.17) is 11.6 Å². The Bertz CT molecular complexity index is 391. The smallest absolute Gasteiger partial charge is 0.268 e. The number of halogens is 1. The molecule has 0 saturated carbocycles. The first-order valence-electron chi connectivity index (χ1n) is 3.84. The summed E-state index contributed by atoms with van der Waals surface area (Å²) in [6, 6.07) is 0. The minimum absolute atomic E-state index is 0.119. The second-order valence-corrected chi connectivity index (χ2v) is 3.12. The van der Waals surface area contributed by atoms with Gasteiger partial charge in [0.15, 0.2) is 0 Å². The number of carbonyl (C=O) groups excluding carboxylic acids is 1. The number of rotatable bonds is 2. The van der Waals surface area contributed by atoms with Crippen LogP contribution in [-0.4, -0.2) is 21.1 Å². The maximum atomic E-state index is 11.1. The molecule has 0 aliphatic rings. The number of aromatic nitrogens is 3. The topological polar surface area (TPSA) is 67.8 Å². The number of amides is 1. The Balaban J connectivity index is 2.83. The average Bonchev–Trinajstić information content (AvgIpc) is 2.11. The van der Waals surface area contributed by atoms with E-state index in [2.05, 4.69) is 27.1 Å². The van der Waals surface area contributed by atoms with Crippen LogP contribution in [0.4, 0.5) is 5.95 Å². The lowest BCUT2D eigenvalue weighted by atomic mass is 10.4. The van der Waals surface area contributed by atoms with Crippen molar-refractivity contribution in [2.75, 3.05) is 5.32 Å². The number of anilines is 1. The van der Waals surface area contributed by atoms with Crippen molar-refractivity contribution in [3.05, 3.63) is 23.0 Å². The Labute approximate surface area is 86.2 Å². The van der Waals surface area contributed by atoms with Gasteiger partial charge in [-0.2, -0.15) is 5.10 Å². The molecular formula is C8H9ClN4O. The standard InChI is InChI=1S/C8H9ClN4O/c1-4(9)7(14)11-8-10-5(2)6(3)12-13-8/h1H2,2-3H3,(H,10,11,13,14). The van der Waals surface area contributed by atoms with E-state index in [-0.39, 0.29) is 11.0 Å². The van der Waals surface area contributed by atoms with Gasteiger partial charge in [0.2, 0.25) is 5.95 Å². The van der Waals surface area contributed by atoms with Crippen LogP contribution in [0.5, 0.6) is 0 Å². The summed E-state index contributed by atoms with van der Waals surface area (Å²) in [7, 11) is 0. The molecule has 0 unspecified atom stereocenters. The van der Waals surface area contributed by atoms with E-state index in [0.717, 1.165) is 0 Å². The number of hydrogen-bond acceptors (Lipinski definition) is 4. The van der Waals surface area contributed by atoms with Crippen molar-refractivity contribution < 1.29 is 4.79 Å². The Morgan fingerprint density at radius 2 is 2.00 bits per heavy atom. The van der Waals surface area contributed by atoms with Gasteiger partial charge in [-0.1, -0.05) is 18.2 Å². The first-order valence-corrected chi connectivity index (χ1v) is 4.22. The zero-order chi connectivity index (χ0) is 10.7. The largest absolute Gasteiger partial charge is 0.288 e. The van der Waals surface area contributed by atoms with Crippen LogP contribution < -0.4 is 5.32 Å². The predicted molar refractivity (Wildman–Crippen MR) is 52.9 cm³/mol. The molecule has 0 aliphatic heterocycles. The van der Waals surface area contributed by atoms with E-state index in [0.29, 0.717) is 11.4 Å². The summed E-state index contributed by atoms with van der Waals surface area (Å²) in [5, 5.41) is 9.70. The van der Waals surface area contributed by atoms with Gasteiger partial charge in [-0.3, -0.25) is 10.1 Å². The SMILES string of the molecule is C=C(Cl)C(=O)Nc1nnc(C)c(C)n1. The van der Waals surface area contributed by atoms with Gasteiger partial charge in [0, 0.05) is 0 Å². The van der Waals surface area contributed by atoms with Crippen molar-refractivity contribution in [1.29, 1.82) is 0 Å². The Morgan fingerprint density at radius 3 is 2.50 bits per heavy atom. The number of carbonyl (C=O) groups is 1. The van der Waals surface area contributed by atoms with Gasteiger partial charge in [-0.05, 0) is 13.8 Å². The predicted octanol–water partition coefficient (Wildman–Crippen LogP) is 1.18. The van der Waals surface area contributed by atoms with E-state index in [1.807, 2.05) is 0 Å². The minimum Gasteiger partial charge on any atom is -0.288 e. The van der Waals surface area contributed by atoms with E-state index >= 15 is 0 Å². The first kappa shape index (κ1) is 10.6. The molecule has 0 spiro atoms. The van der Waals surface area contributed by atoms with E-state index in [9.17, 15) is 4.79 Å². The van der Waals surface area contributed by atoms with Crippen molar-refractivity contribution >= 4 is 23.5 Å². The summed E-state index contributed by atoms with van der Waals surface area (Å²) in [5.41, 5.74) is 1.42. The van der Waals surface area contributed by atoms with E-state index in [1.165, 1.54) is 0 Å². The summed E-state index contributed by atoms with van der Waals surface area (Å²) < 4.78 is 0. The number of aryl methyl sites for hydroxylation is 2. The normalized spacial score (nSPS) is 9.64. The maximum Gasteiger partial charge on any atom is 0.268 e. The molecule has 14 heavy (non-hydrogen) atoms. The molecule has 0 aromatic carbocycles. The molecule has 0 bridgehead atoms. The monoisotopic (exact) mass is 212 g/mol. The molecule has 1 aromatic heterocycles. The first-order chi connectivity index (χ1) is 6.50. The summed E-state index contributed by atoms with van der Waals surface area (Å²) in [6.45, 7) is 6.82. The molecule has 1 amide bonds. The summed E-state index contributed by atoms with van der Waals surface area (Å²) in [6.07, 6.45) is 0. The summed E-state index contributed by atoms with van der Waals surface area (Å²) >= 11 is 5.37. The molecule has 1 heterocycles. The highest BCUT2D eigenvalue weighted by Crippen LogP contribution is 2.04. The zero-order valence-corrected chi connectivity index (χ0v) is 8.59. The second-order valence-electron chi connectivity index (χ2n) is 2.67. The lowest BCUT2D eigenvalue weighted by Gasteiger charge is -2.02. The molecule has 1 aromatic rings. The molecule has 1 N–H and O–H groups in total. The van der Waals surface area contributed by atoms with Crippen LogP contribution in [-0.2, 0) is 4.79 Å². The highest BCUT2D eigenvalue weighted by molar-refractivity contribution is 6.43. The zero-order valence-electron chi connectivity index (χ0n) is 7.83. The van der Waals surface area contributed by atoms with Gasteiger partial charge in [0.1, 0.15) is 0 Å². The minimum atomic E-state index is -0.531. The fraction of sp³-hybridized carbons (Fsp3) is 0.250. The third-order valence-corrected chi connectivity index (χ3v) is 1.74. The van der Waals surface area contributed by atoms with Crippen molar-refractivity contribution in [2.24, 2.45) is 0 Å². The molecule has 6 heteroatoms. The summed E-state index contributed by atoms with van der Waals surface area (Å²) in [4.78, 5) is 15.0. The van der Waals surface area contributed by atoms with Crippen LogP contribution in [0.3, 0.4) is 0 Å². The quantitative estimate of drug-likeness (QED) is 0.748. The second kappa shape index (κ2) is 4.15. The lowest BCUT2D eigenvalue weighted by molar-refractivity contribution is -0.112. The van der Waals surface area contributed by atoms with Crippen molar-refractivity contribution in [2.45, 2.75) is 13.8 Å². The summed E-state index contributed by atoms with van der Waals surface area (Å²) in [5.74, 6) is -0.406. The van der Waals surface area contributed by atoms with E-state index < -0.39 is 5.91 Å². The van der Waals surface area contributed by atoms with Gasteiger partial charge in [0.05, 0.1) is 16.4 Å². The average molecular weight is 213 g/mol. The molecule has 0 fully saturated rings. The molecule has 0 radical (unpaired) electrons. The van der Waals surface area contributed by atoms with Gasteiger partial charge in [-0.25, -0.2) is 4.98 Å². The fourth-order valence-electron chi connectivity index (χ4n) is 0.679. The third kappa shape index (κ3) is 2.50. The van der Waals surface area contributed by atoms with Crippen LogP contribution in [0.15, 0.2) is 11.6 Å². The molecule has 74 valence electrons. The van der Waals surface area contributed by atoms with E-state index in [1.54, 1.807) is 13.8 Å². The van der Waals surface area contributed by atoms with Gasteiger partial charge in [0.25, 0.3) is 5.91 Å². The molecule has 5 nitrogen and oxygen atoms in total. The van der Waals surface area contributed by atoms with Crippen LogP contribution in [0.2, 0.25) is 0 Å². The lowest BCUT2D eigenvalue weighted by Crippen LogP contribution is -2.14. The van der Waals surface area contributed by atoms with Crippen LogP contribution >= 0.6 is 11.6 Å².